The van der Waals surface area contributed by atoms with Gasteiger partial charge in [-0.1, -0.05) is 42.5 Å². The number of rotatable bonds is 2. The summed E-state index contributed by atoms with van der Waals surface area (Å²) in [6.45, 7) is 2.06. The second kappa shape index (κ2) is 5.97. The summed E-state index contributed by atoms with van der Waals surface area (Å²) in [6.07, 6.45) is 1.69. The summed E-state index contributed by atoms with van der Waals surface area (Å²) in [5.41, 5.74) is 6.06. The number of hydrogen-bond acceptors (Lipinski definition) is 5. The fourth-order valence-corrected chi connectivity index (χ4v) is 3.86. The van der Waals surface area contributed by atoms with Gasteiger partial charge >= 0.3 is 0 Å². The lowest BCUT2D eigenvalue weighted by molar-refractivity contribution is 0.669. The first-order valence-electron chi connectivity index (χ1n) is 9.34. The van der Waals surface area contributed by atoms with Crippen LogP contribution in [0.25, 0.3) is 50.2 Å². The van der Waals surface area contributed by atoms with E-state index in [0.717, 1.165) is 50.1 Å². The zero-order valence-corrected chi connectivity index (χ0v) is 15.6. The highest BCUT2D eigenvalue weighted by Gasteiger charge is 2.20. The van der Waals surface area contributed by atoms with E-state index < -0.39 is 0 Å². The number of benzene rings is 3. The van der Waals surface area contributed by atoms with Crippen molar-refractivity contribution in [3.05, 3.63) is 78.5 Å². The van der Waals surface area contributed by atoms with Gasteiger partial charge in [-0.3, -0.25) is 4.57 Å². The molecule has 138 valence electrons. The third kappa shape index (κ3) is 2.36. The molecule has 0 aliphatic rings. The van der Waals surface area contributed by atoms with Gasteiger partial charge < -0.3 is 4.42 Å². The molecule has 6 nitrogen and oxygen atoms in total. The maximum atomic E-state index is 6.30. The molecule has 0 saturated carbocycles. The maximum absolute atomic E-state index is 6.30. The highest BCUT2D eigenvalue weighted by Crippen LogP contribution is 2.37. The van der Waals surface area contributed by atoms with Crippen LogP contribution in [0.5, 0.6) is 0 Å². The minimum absolute atomic E-state index is 0.544. The molecule has 0 spiro atoms. The highest BCUT2D eigenvalue weighted by atomic mass is 16.3. The molecule has 0 aliphatic carbocycles. The third-order valence-corrected chi connectivity index (χ3v) is 5.17. The Kier molecular flexibility index (Phi) is 3.28. The Bertz CT molecular complexity index is 1510. The number of hydrogen-bond donors (Lipinski definition) is 0. The van der Waals surface area contributed by atoms with Crippen molar-refractivity contribution >= 4 is 33.1 Å². The van der Waals surface area contributed by atoms with E-state index in [1.165, 1.54) is 0 Å². The number of nitrogens with zero attached hydrogens (tertiary/aromatic N) is 5. The first-order chi connectivity index (χ1) is 14.3. The molecule has 3 heterocycles. The van der Waals surface area contributed by atoms with Crippen LogP contribution in [0.2, 0.25) is 0 Å². The molecule has 0 N–H and O–H groups in total. The van der Waals surface area contributed by atoms with Gasteiger partial charge in [0.15, 0.2) is 5.82 Å². The van der Waals surface area contributed by atoms with Gasteiger partial charge in [0.05, 0.1) is 11.8 Å². The molecule has 0 bridgehead atoms. The number of para-hydroxylation sites is 2. The first-order valence-corrected chi connectivity index (χ1v) is 9.34. The normalized spacial score (nSPS) is 11.6. The number of fused-ring (bicyclic) bond motifs is 4. The Morgan fingerprint density at radius 3 is 2.69 bits per heavy atom. The average molecular weight is 377 g/mol. The molecule has 0 fully saturated rings. The molecule has 0 atom stereocenters. The third-order valence-electron chi connectivity index (χ3n) is 5.17. The van der Waals surface area contributed by atoms with E-state index >= 15 is 0 Å². The van der Waals surface area contributed by atoms with Crippen LogP contribution in [0.4, 0.5) is 0 Å². The van der Waals surface area contributed by atoms with Crippen molar-refractivity contribution < 1.29 is 4.42 Å². The highest BCUT2D eigenvalue weighted by molar-refractivity contribution is 6.09. The van der Waals surface area contributed by atoms with Crippen molar-refractivity contribution in [2.45, 2.75) is 6.92 Å². The van der Waals surface area contributed by atoms with E-state index in [4.69, 9.17) is 9.40 Å². The van der Waals surface area contributed by atoms with E-state index in [0.29, 0.717) is 5.65 Å². The summed E-state index contributed by atoms with van der Waals surface area (Å²) < 4.78 is 8.35. The van der Waals surface area contributed by atoms with E-state index in [-0.39, 0.29) is 0 Å². The molecule has 0 unspecified atom stereocenters. The van der Waals surface area contributed by atoms with Gasteiger partial charge in [0, 0.05) is 16.5 Å². The van der Waals surface area contributed by atoms with E-state index in [1.807, 2.05) is 47.0 Å². The predicted molar refractivity (Wildman–Crippen MR) is 112 cm³/mol. The summed E-state index contributed by atoms with van der Waals surface area (Å²) in [7, 11) is 0. The van der Waals surface area contributed by atoms with Gasteiger partial charge in [0.2, 0.25) is 5.65 Å². The number of aromatic nitrogens is 5. The predicted octanol–water partition coefficient (Wildman–Crippen LogP) is 5.09. The zero-order valence-electron chi connectivity index (χ0n) is 15.6. The number of furan rings is 1. The summed E-state index contributed by atoms with van der Waals surface area (Å²) in [6, 6.07) is 22.5. The second-order valence-corrected chi connectivity index (χ2v) is 7.03. The summed E-state index contributed by atoms with van der Waals surface area (Å²) >= 11 is 0. The Balaban J connectivity index is 1.73. The van der Waals surface area contributed by atoms with Crippen LogP contribution in [0.1, 0.15) is 5.56 Å². The Labute approximate surface area is 165 Å². The zero-order chi connectivity index (χ0) is 19.4. The average Bonchev–Trinajstić information content (AvgIpc) is 3.32. The maximum Gasteiger partial charge on any atom is 0.204 e. The number of imidazole rings is 1. The van der Waals surface area contributed by atoms with Crippen molar-refractivity contribution in [2.24, 2.45) is 0 Å². The van der Waals surface area contributed by atoms with Crippen LogP contribution in [0.15, 0.2) is 77.3 Å². The van der Waals surface area contributed by atoms with Crippen molar-refractivity contribution in [1.29, 1.82) is 0 Å². The molecule has 29 heavy (non-hydrogen) atoms. The van der Waals surface area contributed by atoms with Crippen molar-refractivity contribution in [2.75, 3.05) is 0 Å². The van der Waals surface area contributed by atoms with Crippen LogP contribution < -0.4 is 0 Å². The Morgan fingerprint density at radius 2 is 1.79 bits per heavy atom. The molecule has 6 heteroatoms. The monoisotopic (exact) mass is 377 g/mol. The lowest BCUT2D eigenvalue weighted by atomic mass is 10.1. The molecule has 6 rings (SSSR count). The van der Waals surface area contributed by atoms with Gasteiger partial charge in [-0.05, 0) is 42.0 Å². The van der Waals surface area contributed by atoms with Crippen LogP contribution in [0, 0.1) is 6.92 Å². The molecule has 6 aromatic rings. The van der Waals surface area contributed by atoms with Crippen LogP contribution in [0.3, 0.4) is 0 Å². The van der Waals surface area contributed by atoms with E-state index in [9.17, 15) is 0 Å². The molecule has 0 radical (unpaired) electrons. The number of aryl methyl sites for hydroxylation is 1. The largest absolute Gasteiger partial charge is 0.455 e. The quantitative estimate of drug-likeness (QED) is 0.421. The Hall–Kier alpha value is -4.06. The summed E-state index contributed by atoms with van der Waals surface area (Å²) in [4.78, 5) is 4.79. The second-order valence-electron chi connectivity index (χ2n) is 7.03. The van der Waals surface area contributed by atoms with Gasteiger partial charge in [0.25, 0.3) is 0 Å². The molecule has 3 aromatic carbocycles. The molecular formula is C23H15N5O. The molecular weight excluding hydrogens is 362 g/mol. The minimum atomic E-state index is 0.544. The van der Waals surface area contributed by atoms with E-state index in [1.54, 1.807) is 6.20 Å². The fourth-order valence-electron chi connectivity index (χ4n) is 3.86. The van der Waals surface area contributed by atoms with Crippen molar-refractivity contribution in [1.82, 2.24) is 25.0 Å². The van der Waals surface area contributed by atoms with Crippen LogP contribution in [-0.4, -0.2) is 25.0 Å². The molecule has 0 amide bonds. The molecule has 0 saturated heterocycles. The van der Waals surface area contributed by atoms with Crippen LogP contribution in [-0.2, 0) is 0 Å². The van der Waals surface area contributed by atoms with Crippen molar-refractivity contribution in [3.8, 4) is 17.1 Å². The SMILES string of the molecule is Cc1ccc2c(c1)oc1c(-c3nc4nnncc4n3-c3ccccc3)cccc12. The molecule has 0 aliphatic heterocycles. The van der Waals surface area contributed by atoms with E-state index in [2.05, 4.69) is 46.6 Å². The Morgan fingerprint density at radius 1 is 0.897 bits per heavy atom. The summed E-state index contributed by atoms with van der Waals surface area (Å²) in [5, 5.41) is 14.0. The van der Waals surface area contributed by atoms with Gasteiger partial charge in [-0.25, -0.2) is 4.98 Å². The first kappa shape index (κ1) is 15.9. The smallest absolute Gasteiger partial charge is 0.204 e. The van der Waals surface area contributed by atoms with Crippen LogP contribution >= 0.6 is 0 Å². The minimum Gasteiger partial charge on any atom is -0.455 e. The lowest BCUT2D eigenvalue weighted by Crippen LogP contribution is -1.98. The van der Waals surface area contributed by atoms with Gasteiger partial charge in [-0.2, -0.15) is 0 Å². The molecule has 3 aromatic heterocycles. The van der Waals surface area contributed by atoms with Crippen molar-refractivity contribution in [3.63, 3.8) is 0 Å². The summed E-state index contributed by atoms with van der Waals surface area (Å²) in [5.74, 6) is 0.745. The lowest BCUT2D eigenvalue weighted by Gasteiger charge is -2.09. The van der Waals surface area contributed by atoms with Gasteiger partial charge in [-0.15, -0.1) is 10.2 Å². The van der Waals surface area contributed by atoms with Gasteiger partial charge in [0.1, 0.15) is 16.7 Å². The fraction of sp³-hybridized carbons (Fsp3) is 0.0435. The topological polar surface area (TPSA) is 69.6 Å². The standard InChI is InChI=1S/C23H15N5O/c1-14-10-11-16-17-8-5-9-18(21(17)29-20(16)12-14)23-25-22-19(13-24-27-26-22)28(23)15-6-3-2-4-7-15/h2-13H,1H3.